The van der Waals surface area contributed by atoms with Crippen molar-refractivity contribution in [3.63, 3.8) is 0 Å². The van der Waals surface area contributed by atoms with Crippen molar-refractivity contribution < 1.29 is 23.8 Å². The Bertz CT molecular complexity index is 1100. The fourth-order valence-corrected chi connectivity index (χ4v) is 2.79. The maximum absolute atomic E-state index is 12.3. The molecule has 8 heteroatoms. The lowest BCUT2D eigenvalue weighted by Gasteiger charge is -2.11. The van der Waals surface area contributed by atoms with E-state index in [0.29, 0.717) is 34.3 Å². The summed E-state index contributed by atoms with van der Waals surface area (Å²) in [5.74, 6) is 0.242. The molecule has 0 radical (unpaired) electrons. The summed E-state index contributed by atoms with van der Waals surface area (Å²) in [5.41, 5.74) is 3.46. The molecule has 0 aliphatic carbocycles. The van der Waals surface area contributed by atoms with Gasteiger partial charge in [0.15, 0.2) is 18.1 Å². The van der Waals surface area contributed by atoms with Crippen LogP contribution in [-0.2, 0) is 4.79 Å². The van der Waals surface area contributed by atoms with Gasteiger partial charge < -0.3 is 14.2 Å². The zero-order valence-electron chi connectivity index (χ0n) is 17.3. The van der Waals surface area contributed by atoms with E-state index in [2.05, 4.69) is 10.5 Å². The van der Waals surface area contributed by atoms with Gasteiger partial charge in [0.05, 0.1) is 18.4 Å². The molecule has 1 N–H and O–H groups in total. The third-order valence-electron chi connectivity index (χ3n) is 4.05. The van der Waals surface area contributed by atoms with Gasteiger partial charge >= 0.3 is 5.97 Å². The van der Waals surface area contributed by atoms with Gasteiger partial charge in [0, 0.05) is 5.02 Å². The predicted octanol–water partition coefficient (Wildman–Crippen LogP) is 4.49. The van der Waals surface area contributed by atoms with E-state index < -0.39 is 11.9 Å². The third kappa shape index (κ3) is 6.85. The van der Waals surface area contributed by atoms with Crippen LogP contribution in [0.4, 0.5) is 0 Å². The first-order valence-electron chi connectivity index (χ1n) is 9.79. The topological polar surface area (TPSA) is 86.2 Å². The van der Waals surface area contributed by atoms with Crippen LogP contribution in [-0.4, -0.2) is 31.3 Å². The largest absolute Gasteiger partial charge is 0.490 e. The number of carbonyl (C=O) groups is 2. The maximum atomic E-state index is 12.3. The summed E-state index contributed by atoms with van der Waals surface area (Å²) in [7, 11) is 0. The first kappa shape index (κ1) is 22.8. The Morgan fingerprint density at radius 1 is 0.969 bits per heavy atom. The summed E-state index contributed by atoms with van der Waals surface area (Å²) in [6.45, 7) is 1.99. The van der Waals surface area contributed by atoms with Gasteiger partial charge in [0.25, 0.3) is 5.91 Å². The fourth-order valence-electron chi connectivity index (χ4n) is 2.61. The molecule has 0 spiro atoms. The monoisotopic (exact) mass is 452 g/mol. The highest BCUT2D eigenvalue weighted by Crippen LogP contribution is 2.29. The van der Waals surface area contributed by atoms with Gasteiger partial charge in [-0.1, -0.05) is 35.9 Å². The van der Waals surface area contributed by atoms with Crippen LogP contribution in [0.1, 0.15) is 22.8 Å². The molecule has 1 amide bonds. The van der Waals surface area contributed by atoms with Crippen molar-refractivity contribution in [1.82, 2.24) is 5.43 Å². The molecule has 0 heterocycles. The van der Waals surface area contributed by atoms with E-state index in [1.165, 1.54) is 6.21 Å². The molecule has 3 aromatic carbocycles. The molecule has 0 atom stereocenters. The lowest BCUT2D eigenvalue weighted by atomic mass is 10.2. The number of hydrazone groups is 1. The van der Waals surface area contributed by atoms with Crippen molar-refractivity contribution in [2.24, 2.45) is 5.10 Å². The van der Waals surface area contributed by atoms with Crippen molar-refractivity contribution in [3.05, 3.63) is 88.9 Å². The number of rotatable bonds is 9. The number of hydrogen-bond acceptors (Lipinski definition) is 6. The van der Waals surface area contributed by atoms with Crippen molar-refractivity contribution >= 4 is 29.7 Å². The number of nitrogens with one attached hydrogen (secondary N) is 1. The molecule has 7 nitrogen and oxygen atoms in total. The van der Waals surface area contributed by atoms with Gasteiger partial charge in [-0.2, -0.15) is 5.10 Å². The zero-order chi connectivity index (χ0) is 22.8. The highest BCUT2D eigenvalue weighted by molar-refractivity contribution is 6.30. The van der Waals surface area contributed by atoms with Gasteiger partial charge in [-0.05, 0) is 61.0 Å². The highest BCUT2D eigenvalue weighted by Gasteiger charge is 2.13. The Morgan fingerprint density at radius 3 is 2.53 bits per heavy atom. The van der Waals surface area contributed by atoms with Crippen LogP contribution >= 0.6 is 11.6 Å². The Labute approximate surface area is 190 Å². The minimum absolute atomic E-state index is 0.212. The number of halogens is 1. The predicted molar refractivity (Wildman–Crippen MR) is 122 cm³/mol. The summed E-state index contributed by atoms with van der Waals surface area (Å²) >= 11 is 5.87. The standard InChI is InChI=1S/C24H21ClN2O5/c1-2-30-22-13-17(11-12-21(22)32-24(29)18-7-4-3-5-8-18)15-26-27-23(28)16-31-20-10-6-9-19(25)14-20/h3-15H,2,16H2,1H3,(H,27,28)/b26-15-. The second-order valence-electron chi connectivity index (χ2n) is 6.43. The first-order chi connectivity index (χ1) is 15.5. The van der Waals surface area contributed by atoms with E-state index in [0.717, 1.165) is 0 Å². The number of hydrogen-bond donors (Lipinski definition) is 1. The second-order valence-corrected chi connectivity index (χ2v) is 6.87. The van der Waals surface area contributed by atoms with Gasteiger partial charge in [0.1, 0.15) is 5.75 Å². The van der Waals surface area contributed by atoms with Crippen LogP contribution in [0.25, 0.3) is 0 Å². The average molecular weight is 453 g/mol. The molecule has 164 valence electrons. The van der Waals surface area contributed by atoms with Gasteiger partial charge in [0.2, 0.25) is 0 Å². The molecule has 0 saturated carbocycles. The lowest BCUT2D eigenvalue weighted by Crippen LogP contribution is -2.24. The molecular formula is C24H21ClN2O5. The second kappa shape index (κ2) is 11.5. The molecule has 0 aromatic heterocycles. The van der Waals surface area contributed by atoms with Crippen molar-refractivity contribution in [2.75, 3.05) is 13.2 Å². The lowest BCUT2D eigenvalue weighted by molar-refractivity contribution is -0.123. The highest BCUT2D eigenvalue weighted by atomic mass is 35.5. The number of amides is 1. The Morgan fingerprint density at radius 2 is 1.78 bits per heavy atom. The molecule has 3 aromatic rings. The molecule has 0 aliphatic rings. The van der Waals surface area contributed by atoms with Crippen LogP contribution in [0.5, 0.6) is 17.2 Å². The third-order valence-corrected chi connectivity index (χ3v) is 4.28. The number of carbonyl (C=O) groups excluding carboxylic acids is 2. The minimum Gasteiger partial charge on any atom is -0.490 e. The Balaban J connectivity index is 1.58. The van der Waals surface area contributed by atoms with E-state index in [1.54, 1.807) is 66.7 Å². The summed E-state index contributed by atoms with van der Waals surface area (Å²) in [6.07, 6.45) is 1.45. The van der Waals surface area contributed by atoms with E-state index in [9.17, 15) is 9.59 Å². The summed E-state index contributed by atoms with van der Waals surface area (Å²) < 4.78 is 16.4. The number of ether oxygens (including phenoxy) is 3. The van der Waals surface area contributed by atoms with Gasteiger partial charge in [-0.25, -0.2) is 10.2 Å². The Kier molecular flexibility index (Phi) is 8.22. The summed E-state index contributed by atoms with van der Waals surface area (Å²) in [6, 6.07) is 20.4. The number of benzene rings is 3. The van der Waals surface area contributed by atoms with Crippen LogP contribution < -0.4 is 19.6 Å². The molecule has 0 unspecified atom stereocenters. The molecule has 0 bridgehead atoms. The normalized spacial score (nSPS) is 10.6. The SMILES string of the molecule is CCOc1cc(/C=N\NC(=O)COc2cccc(Cl)c2)ccc1OC(=O)c1ccccc1. The number of esters is 1. The molecule has 32 heavy (non-hydrogen) atoms. The summed E-state index contributed by atoms with van der Waals surface area (Å²) in [4.78, 5) is 24.2. The van der Waals surface area contributed by atoms with Crippen LogP contribution in [0.3, 0.4) is 0 Å². The molecule has 0 saturated heterocycles. The van der Waals surface area contributed by atoms with E-state index in [-0.39, 0.29) is 12.4 Å². The Hall–Kier alpha value is -3.84. The summed E-state index contributed by atoms with van der Waals surface area (Å²) in [5, 5.41) is 4.43. The van der Waals surface area contributed by atoms with Crippen LogP contribution in [0, 0.1) is 0 Å². The molecule has 0 fully saturated rings. The van der Waals surface area contributed by atoms with Crippen LogP contribution in [0.2, 0.25) is 5.02 Å². The average Bonchev–Trinajstić information content (AvgIpc) is 2.80. The molecule has 3 rings (SSSR count). The van der Waals surface area contributed by atoms with Crippen molar-refractivity contribution in [1.29, 1.82) is 0 Å². The minimum atomic E-state index is -0.486. The quantitative estimate of drug-likeness (QED) is 0.224. The maximum Gasteiger partial charge on any atom is 0.343 e. The van der Waals surface area contributed by atoms with Crippen molar-refractivity contribution in [2.45, 2.75) is 6.92 Å². The van der Waals surface area contributed by atoms with Gasteiger partial charge in [-0.3, -0.25) is 4.79 Å². The smallest absolute Gasteiger partial charge is 0.343 e. The van der Waals surface area contributed by atoms with Crippen molar-refractivity contribution in [3.8, 4) is 17.2 Å². The van der Waals surface area contributed by atoms with E-state index in [1.807, 2.05) is 13.0 Å². The van der Waals surface area contributed by atoms with E-state index >= 15 is 0 Å². The van der Waals surface area contributed by atoms with E-state index in [4.69, 9.17) is 25.8 Å². The number of nitrogens with zero attached hydrogens (tertiary/aromatic N) is 1. The molecule has 0 aliphatic heterocycles. The van der Waals surface area contributed by atoms with Crippen LogP contribution in [0.15, 0.2) is 77.9 Å². The van der Waals surface area contributed by atoms with Gasteiger partial charge in [-0.15, -0.1) is 0 Å². The first-order valence-corrected chi connectivity index (χ1v) is 10.2. The fraction of sp³-hybridized carbons (Fsp3) is 0.125. The zero-order valence-corrected chi connectivity index (χ0v) is 18.0. The molecular weight excluding hydrogens is 432 g/mol.